The molecule has 2 aromatic rings. The lowest BCUT2D eigenvalue weighted by atomic mass is 9.98. The molecule has 1 aliphatic carbocycles. The monoisotopic (exact) mass is 476 g/mol. The van der Waals surface area contributed by atoms with Crippen LogP contribution in [0, 0.1) is 0 Å². The van der Waals surface area contributed by atoms with E-state index in [2.05, 4.69) is 10.0 Å². The molecule has 1 amide bonds. The summed E-state index contributed by atoms with van der Waals surface area (Å²) < 4.78 is 33.4. The molecule has 0 saturated heterocycles. The minimum atomic E-state index is -3.76. The van der Waals surface area contributed by atoms with Crippen molar-refractivity contribution < 1.29 is 17.9 Å². The second-order valence-electron chi connectivity index (χ2n) is 7.76. The normalized spacial score (nSPS) is 15.0. The lowest BCUT2D eigenvalue weighted by molar-refractivity contribution is -0.116. The van der Waals surface area contributed by atoms with E-state index >= 15 is 0 Å². The molecule has 0 unspecified atom stereocenters. The third-order valence-corrected chi connectivity index (χ3v) is 6.97. The zero-order chi connectivity index (χ0) is 22.8. The number of anilines is 1. The Morgan fingerprint density at radius 2 is 1.78 bits per heavy atom. The summed E-state index contributed by atoms with van der Waals surface area (Å²) in [5, 5.41) is 3.16. The van der Waals surface area contributed by atoms with E-state index in [1.807, 2.05) is 0 Å². The van der Waals surface area contributed by atoms with Gasteiger partial charge in [-0.25, -0.2) is 8.42 Å². The predicted molar refractivity (Wildman–Crippen MR) is 128 cm³/mol. The molecule has 2 N–H and O–H groups in total. The summed E-state index contributed by atoms with van der Waals surface area (Å²) in [6.45, 7) is 1.22. The number of para-hydroxylation sites is 1. The fourth-order valence-corrected chi connectivity index (χ4v) is 4.82. The topological polar surface area (TPSA) is 84.5 Å². The molecule has 8 heteroatoms. The Morgan fingerprint density at radius 3 is 2.50 bits per heavy atom. The van der Waals surface area contributed by atoms with Crippen molar-refractivity contribution in [3.63, 3.8) is 0 Å². The van der Waals surface area contributed by atoms with Crippen LogP contribution in [0.4, 0.5) is 5.69 Å². The third-order valence-electron chi connectivity index (χ3n) is 5.26. The Balaban J connectivity index is 1.43. The number of amides is 1. The maximum Gasteiger partial charge on any atom is 0.261 e. The molecule has 1 fully saturated rings. The van der Waals surface area contributed by atoms with Crippen LogP contribution in [0.25, 0.3) is 6.08 Å². The second kappa shape index (κ2) is 12.0. The van der Waals surface area contributed by atoms with Crippen molar-refractivity contribution in [2.24, 2.45) is 0 Å². The summed E-state index contributed by atoms with van der Waals surface area (Å²) in [5.74, 6) is -0.195. The van der Waals surface area contributed by atoms with Crippen LogP contribution in [-0.2, 0) is 19.6 Å². The molecule has 3 rings (SSSR count). The van der Waals surface area contributed by atoms with E-state index in [9.17, 15) is 13.2 Å². The predicted octanol–water partition coefficient (Wildman–Crippen LogP) is 5.01. The van der Waals surface area contributed by atoms with E-state index in [1.54, 1.807) is 42.5 Å². The van der Waals surface area contributed by atoms with Crippen LogP contribution in [0.3, 0.4) is 0 Å². The Morgan fingerprint density at radius 1 is 1.06 bits per heavy atom. The largest absolute Gasteiger partial charge is 0.378 e. The Hall–Kier alpha value is -2.35. The highest BCUT2D eigenvalue weighted by molar-refractivity contribution is 7.92. The maximum absolute atomic E-state index is 12.5. The molecule has 32 heavy (non-hydrogen) atoms. The number of hydrogen-bond donors (Lipinski definition) is 2. The first-order valence-electron chi connectivity index (χ1n) is 10.9. The van der Waals surface area contributed by atoms with Crippen molar-refractivity contribution in [3.8, 4) is 0 Å². The van der Waals surface area contributed by atoms with Gasteiger partial charge in [0.2, 0.25) is 5.91 Å². The van der Waals surface area contributed by atoms with Crippen LogP contribution in [0.1, 0.15) is 44.1 Å². The zero-order valence-electron chi connectivity index (χ0n) is 17.9. The van der Waals surface area contributed by atoms with Gasteiger partial charge in [0, 0.05) is 19.2 Å². The van der Waals surface area contributed by atoms with E-state index in [-0.39, 0.29) is 10.8 Å². The van der Waals surface area contributed by atoms with E-state index in [0.717, 1.165) is 24.8 Å². The third kappa shape index (κ3) is 7.65. The van der Waals surface area contributed by atoms with E-state index < -0.39 is 10.0 Å². The quantitative estimate of drug-likeness (QED) is 0.373. The molecule has 6 nitrogen and oxygen atoms in total. The highest BCUT2D eigenvalue weighted by atomic mass is 35.5. The van der Waals surface area contributed by atoms with Gasteiger partial charge >= 0.3 is 0 Å². The van der Waals surface area contributed by atoms with Gasteiger partial charge in [0.15, 0.2) is 0 Å². The molecule has 172 valence electrons. The lowest BCUT2D eigenvalue weighted by Gasteiger charge is -2.21. The zero-order valence-corrected chi connectivity index (χ0v) is 19.5. The molecule has 0 heterocycles. The van der Waals surface area contributed by atoms with Gasteiger partial charge in [0.05, 0.1) is 21.7 Å². The van der Waals surface area contributed by atoms with E-state index in [1.165, 1.54) is 37.5 Å². The minimum Gasteiger partial charge on any atom is -0.378 e. The number of ether oxygens (including phenoxy) is 1. The highest BCUT2D eigenvalue weighted by Gasteiger charge is 2.15. The van der Waals surface area contributed by atoms with Crippen LogP contribution < -0.4 is 10.0 Å². The molecule has 0 atom stereocenters. The van der Waals surface area contributed by atoms with Crippen molar-refractivity contribution in [1.29, 1.82) is 0 Å². The molecule has 0 radical (unpaired) electrons. The van der Waals surface area contributed by atoms with Crippen molar-refractivity contribution in [2.45, 2.75) is 49.5 Å². The standard InChI is InChI=1S/C24H29ClN2O4S/c25-22-9-4-5-10-23(22)27-32(29,30)21-14-11-19(12-15-21)13-16-24(28)26-17-6-18-31-20-7-2-1-3-8-20/h4-5,9-16,20,27H,1-3,6-8,17-18H2,(H,26,28)/b16-13+. The number of carbonyl (C=O) groups is 1. The summed E-state index contributed by atoms with van der Waals surface area (Å²) in [6.07, 6.45) is 10.3. The first kappa shape index (κ1) is 24.3. The molecule has 1 saturated carbocycles. The number of halogens is 1. The maximum atomic E-state index is 12.5. The van der Waals surface area contributed by atoms with Crippen molar-refractivity contribution in [1.82, 2.24) is 5.32 Å². The fourth-order valence-electron chi connectivity index (χ4n) is 3.50. The summed E-state index contributed by atoms with van der Waals surface area (Å²) in [5.41, 5.74) is 1.04. The lowest BCUT2D eigenvalue weighted by Crippen LogP contribution is -2.24. The van der Waals surface area contributed by atoms with Crippen LogP contribution in [0.5, 0.6) is 0 Å². The van der Waals surface area contributed by atoms with Gasteiger partial charge in [-0.3, -0.25) is 9.52 Å². The van der Waals surface area contributed by atoms with E-state index in [4.69, 9.17) is 16.3 Å². The SMILES string of the molecule is O=C(/C=C/c1ccc(S(=O)(=O)Nc2ccccc2Cl)cc1)NCCCOC1CCCCC1. The van der Waals surface area contributed by atoms with E-state index in [0.29, 0.717) is 30.0 Å². The average Bonchev–Trinajstić information content (AvgIpc) is 2.80. The molecule has 0 aliphatic heterocycles. The summed E-state index contributed by atoms with van der Waals surface area (Å²) >= 11 is 6.02. The number of hydrogen-bond acceptors (Lipinski definition) is 4. The second-order valence-corrected chi connectivity index (χ2v) is 9.85. The number of benzene rings is 2. The number of nitrogens with one attached hydrogen (secondary N) is 2. The van der Waals surface area contributed by atoms with Gasteiger partial charge in [-0.1, -0.05) is 55.1 Å². The van der Waals surface area contributed by atoms with Gasteiger partial charge < -0.3 is 10.1 Å². The Kier molecular flexibility index (Phi) is 9.14. The fraction of sp³-hybridized carbons (Fsp3) is 0.375. The van der Waals surface area contributed by atoms with Gasteiger partial charge in [0.25, 0.3) is 10.0 Å². The molecule has 0 bridgehead atoms. The molecular formula is C24H29ClN2O4S. The van der Waals surface area contributed by atoms with Crippen LogP contribution >= 0.6 is 11.6 Å². The average molecular weight is 477 g/mol. The van der Waals surface area contributed by atoms with Crippen molar-refractivity contribution in [3.05, 3.63) is 65.2 Å². The van der Waals surface area contributed by atoms with Crippen molar-refractivity contribution in [2.75, 3.05) is 17.9 Å². The summed E-state index contributed by atoms with van der Waals surface area (Å²) in [6, 6.07) is 12.9. The highest BCUT2D eigenvalue weighted by Crippen LogP contribution is 2.24. The van der Waals surface area contributed by atoms with Crippen LogP contribution in [-0.4, -0.2) is 33.6 Å². The molecule has 1 aliphatic rings. The van der Waals surface area contributed by atoms with Gasteiger partial charge in [-0.15, -0.1) is 0 Å². The molecule has 2 aromatic carbocycles. The van der Waals surface area contributed by atoms with Gasteiger partial charge in [-0.05, 0) is 55.2 Å². The summed E-state index contributed by atoms with van der Waals surface area (Å²) in [4.78, 5) is 12.1. The summed E-state index contributed by atoms with van der Waals surface area (Å²) in [7, 11) is -3.76. The number of carbonyl (C=O) groups excluding carboxylic acids is 1. The number of rotatable bonds is 10. The molecule has 0 aromatic heterocycles. The van der Waals surface area contributed by atoms with Gasteiger partial charge in [0.1, 0.15) is 0 Å². The Bertz CT molecular complexity index is 1020. The molecule has 0 spiro atoms. The van der Waals surface area contributed by atoms with Crippen molar-refractivity contribution >= 4 is 39.3 Å². The number of sulfonamides is 1. The van der Waals surface area contributed by atoms with Crippen LogP contribution in [0.15, 0.2) is 59.5 Å². The van der Waals surface area contributed by atoms with Crippen LogP contribution in [0.2, 0.25) is 5.02 Å². The minimum absolute atomic E-state index is 0.108. The Labute approximate surface area is 195 Å². The first-order chi connectivity index (χ1) is 15.4. The molecular weight excluding hydrogens is 448 g/mol. The first-order valence-corrected chi connectivity index (χ1v) is 12.7. The smallest absolute Gasteiger partial charge is 0.261 e. The van der Waals surface area contributed by atoms with Gasteiger partial charge in [-0.2, -0.15) is 0 Å².